The highest BCUT2D eigenvalue weighted by atomic mass is 19.1. The lowest BCUT2D eigenvalue weighted by Crippen LogP contribution is -2.52. The number of fused-ring (bicyclic) bond motifs is 2. The molecule has 2 aliphatic rings. The third kappa shape index (κ3) is 2.87. The normalized spacial score (nSPS) is 15.8. The molecule has 2 aromatic heterocycles. The number of aliphatic hydroxyl groups excluding tert-OH is 1. The maximum absolute atomic E-state index is 13.6. The monoisotopic (exact) mass is 415 g/mol. The van der Waals surface area contributed by atoms with Crippen molar-refractivity contribution in [3.63, 3.8) is 0 Å². The molecule has 2 aliphatic heterocycles. The molecule has 2 N–H and O–H groups in total. The van der Waals surface area contributed by atoms with Crippen LogP contribution in [0.15, 0.2) is 54.7 Å². The highest BCUT2D eigenvalue weighted by Gasteiger charge is 2.29. The van der Waals surface area contributed by atoms with Crippen molar-refractivity contribution in [2.75, 3.05) is 23.3 Å². The van der Waals surface area contributed by atoms with E-state index in [9.17, 15) is 14.3 Å². The Kier molecular flexibility index (Phi) is 3.85. The minimum absolute atomic E-state index is 0.0198. The summed E-state index contributed by atoms with van der Waals surface area (Å²) >= 11 is 0. The number of benzene rings is 2. The summed E-state index contributed by atoms with van der Waals surface area (Å²) in [7, 11) is 0. The molecule has 0 radical (unpaired) electrons. The van der Waals surface area contributed by atoms with E-state index in [4.69, 9.17) is 5.10 Å². The third-order valence-electron chi connectivity index (χ3n) is 5.81. The number of aromatic nitrogens is 3. The van der Waals surface area contributed by atoms with Crippen molar-refractivity contribution in [1.82, 2.24) is 14.6 Å². The first-order valence-corrected chi connectivity index (χ1v) is 10.1. The van der Waals surface area contributed by atoms with Crippen LogP contribution < -0.4 is 10.2 Å². The summed E-state index contributed by atoms with van der Waals surface area (Å²) in [5, 5.41) is 17.4. The third-order valence-corrected chi connectivity index (χ3v) is 5.81. The molecule has 4 heterocycles. The molecule has 0 spiro atoms. The standard InChI is InChI=1S/C23H18FN5O2/c24-16-4-1-13(2-5-16)22-21(14-3-6-18-15(9-14)10-20(31)26-18)19-7-8-25-23(29(19)27-22)28-11-17(30)12-28/h1-9,17,30H,10-12H2,(H,26,31). The maximum atomic E-state index is 13.6. The van der Waals surface area contributed by atoms with Crippen LogP contribution >= 0.6 is 0 Å². The number of β-amino-alcohol motifs (C(OH)–C–C–N with tert-alkyl or cyclic N) is 1. The van der Waals surface area contributed by atoms with E-state index >= 15 is 0 Å². The largest absolute Gasteiger partial charge is 0.389 e. The number of amides is 1. The zero-order chi connectivity index (χ0) is 21.1. The van der Waals surface area contributed by atoms with Gasteiger partial charge in [0.2, 0.25) is 11.9 Å². The highest BCUT2D eigenvalue weighted by Crippen LogP contribution is 2.39. The zero-order valence-corrected chi connectivity index (χ0v) is 16.4. The van der Waals surface area contributed by atoms with Gasteiger partial charge in [-0.2, -0.15) is 9.61 Å². The van der Waals surface area contributed by atoms with Gasteiger partial charge in [0.15, 0.2) is 0 Å². The van der Waals surface area contributed by atoms with Crippen molar-refractivity contribution in [2.24, 2.45) is 0 Å². The van der Waals surface area contributed by atoms with Crippen molar-refractivity contribution in [3.05, 3.63) is 66.1 Å². The fourth-order valence-electron chi connectivity index (χ4n) is 4.28. The minimum Gasteiger partial charge on any atom is -0.389 e. The molecule has 0 atom stereocenters. The Morgan fingerprint density at radius 3 is 2.61 bits per heavy atom. The van der Waals surface area contributed by atoms with Gasteiger partial charge in [0.25, 0.3) is 0 Å². The number of carbonyl (C=O) groups excluding carboxylic acids is 1. The fourth-order valence-corrected chi connectivity index (χ4v) is 4.28. The lowest BCUT2D eigenvalue weighted by Gasteiger charge is -2.36. The van der Waals surface area contributed by atoms with Gasteiger partial charge in [-0.15, -0.1) is 0 Å². The molecule has 8 heteroatoms. The topological polar surface area (TPSA) is 82.8 Å². The second-order valence-electron chi connectivity index (χ2n) is 7.93. The molecule has 1 amide bonds. The number of anilines is 2. The van der Waals surface area contributed by atoms with Crippen molar-refractivity contribution >= 4 is 23.1 Å². The molecule has 1 saturated heterocycles. The Hall–Kier alpha value is -3.78. The molecule has 0 saturated carbocycles. The van der Waals surface area contributed by atoms with Gasteiger partial charge < -0.3 is 15.3 Å². The average molecular weight is 415 g/mol. The molecule has 2 aromatic carbocycles. The number of rotatable bonds is 3. The molecule has 0 unspecified atom stereocenters. The number of hydrogen-bond acceptors (Lipinski definition) is 5. The molecule has 0 bridgehead atoms. The fraction of sp³-hybridized carbons (Fsp3) is 0.174. The van der Waals surface area contributed by atoms with Crippen LogP contribution in [0.5, 0.6) is 0 Å². The Balaban J connectivity index is 1.59. The predicted octanol–water partition coefficient (Wildman–Crippen LogP) is 2.88. The van der Waals surface area contributed by atoms with Crippen LogP contribution in [0.4, 0.5) is 16.0 Å². The smallest absolute Gasteiger partial charge is 0.228 e. The molecule has 4 aromatic rings. The lowest BCUT2D eigenvalue weighted by molar-refractivity contribution is -0.115. The number of aliphatic hydroxyl groups is 1. The van der Waals surface area contributed by atoms with Crippen LogP contribution in [-0.2, 0) is 11.2 Å². The van der Waals surface area contributed by atoms with E-state index in [0.29, 0.717) is 31.2 Å². The molecular weight excluding hydrogens is 397 g/mol. The van der Waals surface area contributed by atoms with E-state index in [-0.39, 0.29) is 17.8 Å². The number of hydrogen-bond donors (Lipinski definition) is 2. The van der Waals surface area contributed by atoms with Crippen LogP contribution in [0.25, 0.3) is 27.9 Å². The van der Waals surface area contributed by atoms with E-state index in [0.717, 1.165) is 33.5 Å². The Bertz CT molecular complexity index is 1340. The first-order chi connectivity index (χ1) is 15.1. The van der Waals surface area contributed by atoms with Crippen molar-refractivity contribution in [1.29, 1.82) is 0 Å². The second kappa shape index (κ2) is 6.61. The Morgan fingerprint density at radius 1 is 1.06 bits per heavy atom. The van der Waals surface area contributed by atoms with Gasteiger partial charge in [0.05, 0.1) is 18.0 Å². The van der Waals surface area contributed by atoms with Crippen molar-refractivity contribution < 1.29 is 14.3 Å². The summed E-state index contributed by atoms with van der Waals surface area (Å²) in [5.74, 6) is 0.317. The summed E-state index contributed by atoms with van der Waals surface area (Å²) < 4.78 is 15.3. The van der Waals surface area contributed by atoms with Crippen LogP contribution in [0.2, 0.25) is 0 Å². The number of nitrogens with zero attached hydrogens (tertiary/aromatic N) is 4. The molecular formula is C23H18FN5O2. The SMILES string of the molecule is O=C1Cc2cc(-c3c(-c4ccc(F)cc4)nn4c(N5CC(O)C5)nccc34)ccc2N1. The van der Waals surface area contributed by atoms with E-state index in [1.54, 1.807) is 22.8 Å². The molecule has 31 heavy (non-hydrogen) atoms. The Labute approximate surface area is 176 Å². The van der Waals surface area contributed by atoms with Crippen LogP contribution in [0, 0.1) is 5.82 Å². The highest BCUT2D eigenvalue weighted by molar-refractivity contribution is 6.01. The molecule has 154 valence electrons. The van der Waals surface area contributed by atoms with E-state index in [1.165, 1.54) is 12.1 Å². The van der Waals surface area contributed by atoms with Gasteiger partial charge in [-0.05, 0) is 53.6 Å². The number of carbonyl (C=O) groups is 1. The second-order valence-corrected chi connectivity index (χ2v) is 7.93. The Morgan fingerprint density at radius 2 is 1.84 bits per heavy atom. The predicted molar refractivity (Wildman–Crippen MR) is 114 cm³/mol. The van der Waals surface area contributed by atoms with E-state index in [1.807, 2.05) is 29.2 Å². The first kappa shape index (κ1) is 18.0. The summed E-state index contributed by atoms with van der Waals surface area (Å²) in [5.41, 5.74) is 5.90. The minimum atomic E-state index is -0.370. The van der Waals surface area contributed by atoms with Gasteiger partial charge in [0, 0.05) is 36.1 Å². The average Bonchev–Trinajstić information content (AvgIpc) is 3.31. The van der Waals surface area contributed by atoms with Crippen molar-refractivity contribution in [2.45, 2.75) is 12.5 Å². The zero-order valence-electron chi connectivity index (χ0n) is 16.4. The first-order valence-electron chi connectivity index (χ1n) is 10.1. The van der Waals surface area contributed by atoms with Gasteiger partial charge in [0.1, 0.15) is 11.5 Å². The van der Waals surface area contributed by atoms with E-state index in [2.05, 4.69) is 10.3 Å². The maximum Gasteiger partial charge on any atom is 0.228 e. The quantitative estimate of drug-likeness (QED) is 0.538. The van der Waals surface area contributed by atoms with Gasteiger partial charge in [-0.25, -0.2) is 9.37 Å². The molecule has 6 rings (SSSR count). The molecule has 0 aliphatic carbocycles. The van der Waals surface area contributed by atoms with Gasteiger partial charge >= 0.3 is 0 Å². The number of halogens is 1. The van der Waals surface area contributed by atoms with Gasteiger partial charge in [-0.1, -0.05) is 6.07 Å². The lowest BCUT2D eigenvalue weighted by atomic mass is 9.97. The summed E-state index contributed by atoms with van der Waals surface area (Å²) in [6.07, 6.45) is 1.70. The number of nitrogens with one attached hydrogen (secondary N) is 1. The van der Waals surface area contributed by atoms with Crippen LogP contribution in [0.3, 0.4) is 0 Å². The summed E-state index contributed by atoms with van der Waals surface area (Å²) in [4.78, 5) is 18.3. The van der Waals surface area contributed by atoms with Crippen LogP contribution in [-0.4, -0.2) is 44.8 Å². The van der Waals surface area contributed by atoms with Gasteiger partial charge in [-0.3, -0.25) is 4.79 Å². The van der Waals surface area contributed by atoms with Crippen LogP contribution in [0.1, 0.15) is 5.56 Å². The van der Waals surface area contributed by atoms with E-state index < -0.39 is 0 Å². The molecule has 7 nitrogen and oxygen atoms in total. The summed E-state index contributed by atoms with van der Waals surface area (Å²) in [6.45, 7) is 1.000. The summed E-state index contributed by atoms with van der Waals surface area (Å²) in [6, 6.07) is 14.0. The van der Waals surface area contributed by atoms with Crippen molar-refractivity contribution in [3.8, 4) is 22.4 Å². The molecule has 1 fully saturated rings.